The van der Waals surface area contributed by atoms with Crippen LogP contribution in [0.2, 0.25) is 0 Å². The Morgan fingerprint density at radius 1 is 1.03 bits per heavy atom. The van der Waals surface area contributed by atoms with Crippen molar-refractivity contribution in [1.29, 1.82) is 0 Å². The monoisotopic (exact) mass is 394 g/mol. The van der Waals surface area contributed by atoms with Crippen molar-refractivity contribution in [3.8, 4) is 0 Å². The minimum atomic E-state index is -0.727. The highest BCUT2D eigenvalue weighted by Gasteiger charge is 2.24. The van der Waals surface area contributed by atoms with Crippen molar-refractivity contribution >= 4 is 28.5 Å². The fourth-order valence-corrected chi connectivity index (χ4v) is 2.93. The summed E-state index contributed by atoms with van der Waals surface area (Å²) in [5.74, 6) is -0.772. The summed E-state index contributed by atoms with van der Waals surface area (Å²) >= 11 is 0. The maximum Gasteiger partial charge on any atom is 0.315 e. The van der Waals surface area contributed by atoms with Crippen molar-refractivity contribution in [2.75, 3.05) is 5.32 Å². The molecule has 7 heteroatoms. The molecule has 0 saturated heterocycles. The van der Waals surface area contributed by atoms with Gasteiger partial charge in [-0.25, -0.2) is 9.18 Å². The van der Waals surface area contributed by atoms with Crippen LogP contribution < -0.4 is 16.0 Å². The van der Waals surface area contributed by atoms with E-state index in [1.807, 2.05) is 32.0 Å². The lowest BCUT2D eigenvalue weighted by molar-refractivity contribution is -0.118. The summed E-state index contributed by atoms with van der Waals surface area (Å²) in [5, 5.41) is 9.12. The Morgan fingerprint density at radius 2 is 1.79 bits per heavy atom. The minimum Gasteiger partial charge on any atom is -0.334 e. The molecule has 1 heterocycles. The molecule has 2 aromatic carbocycles. The first-order chi connectivity index (χ1) is 13.9. The number of carbonyl (C=O) groups excluding carboxylic acids is 2. The van der Waals surface area contributed by atoms with Gasteiger partial charge in [0.2, 0.25) is 5.91 Å². The van der Waals surface area contributed by atoms with Gasteiger partial charge in [-0.1, -0.05) is 32.0 Å². The number of aromatic nitrogens is 1. The number of benzene rings is 2. The molecule has 1 aromatic heterocycles. The number of pyridine rings is 1. The van der Waals surface area contributed by atoms with Crippen LogP contribution in [0, 0.1) is 11.7 Å². The van der Waals surface area contributed by atoms with Crippen LogP contribution in [-0.4, -0.2) is 23.0 Å². The minimum absolute atomic E-state index is 0.125. The third-order valence-electron chi connectivity index (χ3n) is 4.51. The molecule has 6 nitrogen and oxygen atoms in total. The van der Waals surface area contributed by atoms with E-state index in [0.717, 1.165) is 16.5 Å². The van der Waals surface area contributed by atoms with Gasteiger partial charge in [0.25, 0.3) is 0 Å². The number of nitrogens with one attached hydrogen (secondary N) is 3. The first-order valence-electron chi connectivity index (χ1n) is 9.37. The lowest BCUT2D eigenvalue weighted by atomic mass is 10.0. The van der Waals surface area contributed by atoms with Crippen LogP contribution in [0.3, 0.4) is 0 Å². The molecule has 3 rings (SSSR count). The highest BCUT2D eigenvalue weighted by molar-refractivity contribution is 6.03. The number of amides is 3. The lowest BCUT2D eigenvalue weighted by Gasteiger charge is -2.22. The second-order valence-corrected chi connectivity index (χ2v) is 7.04. The third-order valence-corrected chi connectivity index (χ3v) is 4.51. The van der Waals surface area contributed by atoms with E-state index in [-0.39, 0.29) is 24.2 Å². The summed E-state index contributed by atoms with van der Waals surface area (Å²) in [4.78, 5) is 29.4. The van der Waals surface area contributed by atoms with Gasteiger partial charge in [-0.3, -0.25) is 9.78 Å². The SMILES string of the molecule is CC(C)[C@H](NC(=O)NCc1ccc(F)cc1)C(=O)Nc1cccc2ncccc12. The second-order valence-electron chi connectivity index (χ2n) is 7.04. The average Bonchev–Trinajstić information content (AvgIpc) is 2.71. The van der Waals surface area contributed by atoms with E-state index in [1.165, 1.54) is 12.1 Å². The third kappa shape index (κ3) is 5.28. The van der Waals surface area contributed by atoms with Gasteiger partial charge in [0, 0.05) is 18.1 Å². The number of nitrogens with zero attached hydrogens (tertiary/aromatic N) is 1. The first-order valence-corrected chi connectivity index (χ1v) is 9.37. The van der Waals surface area contributed by atoms with Gasteiger partial charge >= 0.3 is 6.03 Å². The standard InChI is InChI=1S/C22H23FN4O2/c1-14(2)20(27-22(29)25-13-15-8-10-16(23)11-9-15)21(28)26-19-7-3-6-18-17(19)5-4-12-24-18/h3-12,14,20H,13H2,1-2H3,(H,26,28)(H2,25,27,29)/t20-/m0/s1. The van der Waals surface area contributed by atoms with Crippen LogP contribution in [0.15, 0.2) is 60.8 Å². The molecule has 0 saturated carbocycles. The Hall–Kier alpha value is -3.48. The Bertz CT molecular complexity index is 1000. The van der Waals surface area contributed by atoms with E-state index in [0.29, 0.717) is 5.69 Å². The molecule has 1 atom stereocenters. The molecule has 0 aliphatic rings. The smallest absolute Gasteiger partial charge is 0.315 e. The molecule has 0 aliphatic heterocycles. The van der Waals surface area contributed by atoms with Crippen molar-refractivity contribution in [2.24, 2.45) is 5.92 Å². The molecule has 150 valence electrons. The Balaban J connectivity index is 1.64. The van der Waals surface area contributed by atoms with Gasteiger partial charge in [-0.05, 0) is 47.9 Å². The average molecular weight is 394 g/mol. The summed E-state index contributed by atoms with van der Waals surface area (Å²) in [7, 11) is 0. The molecule has 0 bridgehead atoms. The van der Waals surface area contributed by atoms with Gasteiger partial charge < -0.3 is 16.0 Å². The molecule has 3 N–H and O–H groups in total. The van der Waals surface area contributed by atoms with E-state index >= 15 is 0 Å². The fraction of sp³-hybridized carbons (Fsp3) is 0.227. The zero-order chi connectivity index (χ0) is 20.8. The fourth-order valence-electron chi connectivity index (χ4n) is 2.93. The Kier molecular flexibility index (Phi) is 6.39. The summed E-state index contributed by atoms with van der Waals surface area (Å²) in [6, 6.07) is 13.8. The summed E-state index contributed by atoms with van der Waals surface area (Å²) in [5.41, 5.74) is 2.17. The quantitative estimate of drug-likeness (QED) is 0.594. The molecular formula is C22H23FN4O2. The summed E-state index contributed by atoms with van der Waals surface area (Å²) in [6.07, 6.45) is 1.69. The largest absolute Gasteiger partial charge is 0.334 e. The normalized spacial score (nSPS) is 11.9. The van der Waals surface area contributed by atoms with Crippen molar-refractivity contribution in [1.82, 2.24) is 15.6 Å². The molecule has 3 aromatic rings. The molecule has 0 unspecified atom stereocenters. The van der Waals surface area contributed by atoms with Gasteiger partial charge in [0.05, 0.1) is 11.2 Å². The van der Waals surface area contributed by atoms with Crippen LogP contribution in [-0.2, 0) is 11.3 Å². The maximum absolute atomic E-state index is 13.0. The molecule has 3 amide bonds. The highest BCUT2D eigenvalue weighted by atomic mass is 19.1. The maximum atomic E-state index is 13.0. The molecule has 0 aliphatic carbocycles. The zero-order valence-corrected chi connectivity index (χ0v) is 16.3. The predicted molar refractivity (Wildman–Crippen MR) is 111 cm³/mol. The van der Waals surface area contributed by atoms with Crippen LogP contribution in [0.1, 0.15) is 19.4 Å². The van der Waals surface area contributed by atoms with Crippen molar-refractivity contribution in [2.45, 2.75) is 26.4 Å². The summed E-state index contributed by atoms with van der Waals surface area (Å²) in [6.45, 7) is 3.94. The number of carbonyl (C=O) groups is 2. The molecule has 0 radical (unpaired) electrons. The Morgan fingerprint density at radius 3 is 2.52 bits per heavy atom. The number of hydrogen-bond donors (Lipinski definition) is 3. The molecule has 0 spiro atoms. The first kappa shape index (κ1) is 20.3. The van der Waals surface area contributed by atoms with E-state index in [4.69, 9.17) is 0 Å². The van der Waals surface area contributed by atoms with Gasteiger partial charge in [-0.15, -0.1) is 0 Å². The number of halogens is 1. The van der Waals surface area contributed by atoms with E-state index in [2.05, 4.69) is 20.9 Å². The van der Waals surface area contributed by atoms with E-state index < -0.39 is 12.1 Å². The number of hydrogen-bond acceptors (Lipinski definition) is 3. The molecule has 29 heavy (non-hydrogen) atoms. The molecule has 0 fully saturated rings. The van der Waals surface area contributed by atoms with Crippen molar-refractivity contribution < 1.29 is 14.0 Å². The number of rotatable bonds is 6. The zero-order valence-electron chi connectivity index (χ0n) is 16.3. The number of anilines is 1. The van der Waals surface area contributed by atoms with Crippen molar-refractivity contribution in [3.63, 3.8) is 0 Å². The second kappa shape index (κ2) is 9.14. The van der Waals surface area contributed by atoms with Gasteiger partial charge in [-0.2, -0.15) is 0 Å². The van der Waals surface area contributed by atoms with Crippen LogP contribution in [0.5, 0.6) is 0 Å². The van der Waals surface area contributed by atoms with Crippen LogP contribution in [0.4, 0.5) is 14.9 Å². The van der Waals surface area contributed by atoms with E-state index in [9.17, 15) is 14.0 Å². The van der Waals surface area contributed by atoms with Crippen LogP contribution in [0.25, 0.3) is 10.9 Å². The van der Waals surface area contributed by atoms with E-state index in [1.54, 1.807) is 30.5 Å². The van der Waals surface area contributed by atoms with Crippen LogP contribution >= 0.6 is 0 Å². The lowest BCUT2D eigenvalue weighted by Crippen LogP contribution is -2.50. The predicted octanol–water partition coefficient (Wildman–Crippen LogP) is 3.84. The number of urea groups is 1. The Labute approximate surface area is 168 Å². The topological polar surface area (TPSA) is 83.1 Å². The summed E-state index contributed by atoms with van der Waals surface area (Å²) < 4.78 is 13.0. The van der Waals surface area contributed by atoms with Crippen molar-refractivity contribution in [3.05, 3.63) is 72.2 Å². The van der Waals surface area contributed by atoms with Gasteiger partial charge in [0.15, 0.2) is 0 Å². The van der Waals surface area contributed by atoms with Gasteiger partial charge in [0.1, 0.15) is 11.9 Å². The highest BCUT2D eigenvalue weighted by Crippen LogP contribution is 2.21. The molecular weight excluding hydrogens is 371 g/mol. The number of fused-ring (bicyclic) bond motifs is 1.